The Labute approximate surface area is 312 Å². The molecule has 0 heterocycles. The van der Waals surface area contributed by atoms with Gasteiger partial charge in [0.25, 0.3) is 0 Å². The molecule has 0 radical (unpaired) electrons. The maximum atomic E-state index is 2.51. The lowest BCUT2D eigenvalue weighted by molar-refractivity contribution is 0.467. The van der Waals surface area contributed by atoms with Crippen LogP contribution in [0.2, 0.25) is 0 Å². The molecule has 1 nitrogen and oxygen atoms in total. The van der Waals surface area contributed by atoms with E-state index >= 15 is 0 Å². The summed E-state index contributed by atoms with van der Waals surface area (Å²) in [7, 11) is 0. The fraction of sp³-hybridized carbons (Fsp3) is 0.294. The molecule has 0 atom stereocenters. The van der Waals surface area contributed by atoms with Crippen molar-refractivity contribution in [1.29, 1.82) is 0 Å². The van der Waals surface area contributed by atoms with Gasteiger partial charge in [0.15, 0.2) is 0 Å². The largest absolute Gasteiger partial charge is 0.310 e. The number of hydrogen-bond donors (Lipinski definition) is 0. The van der Waals surface area contributed by atoms with E-state index < -0.39 is 0 Å². The van der Waals surface area contributed by atoms with Crippen LogP contribution in [0.1, 0.15) is 107 Å². The van der Waals surface area contributed by atoms with E-state index in [-0.39, 0.29) is 5.41 Å². The zero-order chi connectivity index (χ0) is 35.3. The second-order valence-corrected chi connectivity index (χ2v) is 15.8. The Morgan fingerprint density at radius 3 is 1.73 bits per heavy atom. The lowest BCUT2D eigenvalue weighted by Gasteiger charge is -2.30. The zero-order valence-corrected chi connectivity index (χ0v) is 31.2. The van der Waals surface area contributed by atoms with Crippen molar-refractivity contribution in [3.05, 3.63) is 162 Å². The van der Waals surface area contributed by atoms with Gasteiger partial charge in [-0.25, -0.2) is 0 Å². The molecule has 52 heavy (non-hydrogen) atoms. The monoisotopic (exact) mass is 679 g/mol. The van der Waals surface area contributed by atoms with Crippen molar-refractivity contribution in [3.63, 3.8) is 0 Å². The lowest BCUT2D eigenvalue weighted by atomic mass is 9.82. The van der Waals surface area contributed by atoms with Crippen LogP contribution in [0.5, 0.6) is 0 Å². The summed E-state index contributed by atoms with van der Waals surface area (Å²) < 4.78 is 0. The van der Waals surface area contributed by atoms with Gasteiger partial charge < -0.3 is 4.90 Å². The van der Waals surface area contributed by atoms with E-state index in [4.69, 9.17) is 0 Å². The van der Waals surface area contributed by atoms with Crippen molar-refractivity contribution in [2.45, 2.75) is 95.8 Å². The van der Waals surface area contributed by atoms with E-state index in [1.54, 1.807) is 0 Å². The molecule has 0 aliphatic heterocycles. The standard InChI is InChI=1S/C51H53N/c1-51(2)48-31-17-15-30-46(48)47-34-33-44(37-49(47)51)52(50-32-18-16-29-45(50)39-23-13-10-14-24-39)43-28-20-27-42(36-43)41-26-19-25-40(35-41)38-21-11-8-6-4-3-5-7-9-12-22-38/h10,13-20,23-38H,3-9,11-12,21-22H2,1-2H3. The third-order valence-electron chi connectivity index (χ3n) is 12.0. The summed E-state index contributed by atoms with van der Waals surface area (Å²) in [5, 5.41) is 0. The summed E-state index contributed by atoms with van der Waals surface area (Å²) in [6.07, 6.45) is 15.1. The number of benzene rings is 6. The van der Waals surface area contributed by atoms with E-state index in [2.05, 4.69) is 164 Å². The van der Waals surface area contributed by atoms with Crippen LogP contribution >= 0.6 is 0 Å². The van der Waals surface area contributed by atoms with Crippen molar-refractivity contribution < 1.29 is 0 Å². The van der Waals surface area contributed by atoms with Crippen LogP contribution < -0.4 is 4.90 Å². The van der Waals surface area contributed by atoms with Gasteiger partial charge in [-0.2, -0.15) is 0 Å². The van der Waals surface area contributed by atoms with Crippen molar-refractivity contribution in [3.8, 4) is 33.4 Å². The van der Waals surface area contributed by atoms with Gasteiger partial charge in [0.05, 0.1) is 5.69 Å². The van der Waals surface area contributed by atoms with E-state index in [1.165, 1.54) is 138 Å². The molecule has 1 fully saturated rings. The molecular weight excluding hydrogens is 627 g/mol. The van der Waals surface area contributed by atoms with E-state index in [0.29, 0.717) is 5.92 Å². The minimum Gasteiger partial charge on any atom is -0.310 e. The summed E-state index contributed by atoms with van der Waals surface area (Å²) in [6.45, 7) is 4.75. The normalized spacial score (nSPS) is 16.3. The average Bonchev–Trinajstić information content (AvgIpc) is 3.41. The molecule has 1 saturated carbocycles. The third-order valence-corrected chi connectivity index (χ3v) is 12.0. The van der Waals surface area contributed by atoms with Gasteiger partial charge >= 0.3 is 0 Å². The summed E-state index contributed by atoms with van der Waals surface area (Å²) in [5.74, 6) is 0.649. The second kappa shape index (κ2) is 15.4. The maximum absolute atomic E-state index is 2.51. The van der Waals surface area contributed by atoms with Crippen LogP contribution in [0.15, 0.2) is 146 Å². The Kier molecular flexibility index (Phi) is 10.1. The number of rotatable bonds is 6. The van der Waals surface area contributed by atoms with Crippen molar-refractivity contribution in [2.75, 3.05) is 4.90 Å². The van der Waals surface area contributed by atoms with Crippen LogP contribution in [0, 0.1) is 0 Å². The molecule has 0 spiro atoms. The van der Waals surface area contributed by atoms with Gasteiger partial charge in [-0.1, -0.05) is 187 Å². The highest BCUT2D eigenvalue weighted by molar-refractivity contribution is 5.91. The highest BCUT2D eigenvalue weighted by Crippen LogP contribution is 2.51. The molecule has 0 bridgehead atoms. The smallest absolute Gasteiger partial charge is 0.0540 e. The maximum Gasteiger partial charge on any atom is 0.0540 e. The Bertz CT molecular complexity index is 2110. The molecule has 2 aliphatic carbocycles. The summed E-state index contributed by atoms with van der Waals surface area (Å²) in [4.78, 5) is 2.49. The predicted molar refractivity (Wildman–Crippen MR) is 223 cm³/mol. The van der Waals surface area contributed by atoms with Crippen molar-refractivity contribution >= 4 is 17.1 Å². The minimum atomic E-state index is -0.0810. The SMILES string of the molecule is CC1(C)c2ccccc2-c2ccc(N(c3cccc(-c4cccc(C5CCCCCCCCCCC5)c4)c3)c3ccccc3-c3ccccc3)cc21. The highest BCUT2D eigenvalue weighted by atomic mass is 15.1. The first-order chi connectivity index (χ1) is 25.6. The number of anilines is 3. The Hall–Kier alpha value is -4.88. The summed E-state index contributed by atoms with van der Waals surface area (Å²) in [6, 6.07) is 54.6. The van der Waals surface area contributed by atoms with Gasteiger partial charge in [0.1, 0.15) is 0 Å². The number of fused-ring (bicyclic) bond motifs is 3. The molecule has 1 heteroatoms. The van der Waals surface area contributed by atoms with Gasteiger partial charge in [-0.3, -0.25) is 0 Å². The molecule has 0 N–H and O–H groups in total. The topological polar surface area (TPSA) is 3.24 Å². The summed E-state index contributed by atoms with van der Waals surface area (Å²) >= 11 is 0. The lowest BCUT2D eigenvalue weighted by Crippen LogP contribution is -2.17. The number of hydrogen-bond acceptors (Lipinski definition) is 1. The fourth-order valence-electron chi connectivity index (χ4n) is 9.08. The second-order valence-electron chi connectivity index (χ2n) is 15.8. The summed E-state index contributed by atoms with van der Waals surface area (Å²) in [5.41, 5.74) is 15.5. The third kappa shape index (κ3) is 6.99. The molecule has 0 aromatic heterocycles. The first-order valence-electron chi connectivity index (χ1n) is 20.0. The number of nitrogens with zero attached hydrogens (tertiary/aromatic N) is 1. The van der Waals surface area contributed by atoms with Gasteiger partial charge in [-0.15, -0.1) is 0 Å². The first kappa shape index (κ1) is 34.2. The van der Waals surface area contributed by atoms with Crippen LogP contribution in [0.4, 0.5) is 17.1 Å². The van der Waals surface area contributed by atoms with Crippen LogP contribution in [0.3, 0.4) is 0 Å². The molecule has 8 rings (SSSR count). The van der Waals surface area contributed by atoms with E-state index in [0.717, 1.165) is 0 Å². The predicted octanol–water partition coefficient (Wildman–Crippen LogP) is 15.2. The van der Waals surface area contributed by atoms with Crippen LogP contribution in [-0.4, -0.2) is 0 Å². The molecule has 6 aromatic carbocycles. The Morgan fingerprint density at radius 2 is 0.981 bits per heavy atom. The first-order valence-corrected chi connectivity index (χ1v) is 20.0. The van der Waals surface area contributed by atoms with Gasteiger partial charge in [0, 0.05) is 22.4 Å². The van der Waals surface area contributed by atoms with Gasteiger partial charge in [0.2, 0.25) is 0 Å². The minimum absolute atomic E-state index is 0.0810. The number of para-hydroxylation sites is 1. The van der Waals surface area contributed by atoms with Crippen molar-refractivity contribution in [1.82, 2.24) is 0 Å². The van der Waals surface area contributed by atoms with E-state index in [9.17, 15) is 0 Å². The fourth-order valence-corrected chi connectivity index (χ4v) is 9.08. The molecule has 2 aliphatic rings. The quantitative estimate of drug-likeness (QED) is 0.169. The van der Waals surface area contributed by atoms with Gasteiger partial charge in [-0.05, 0) is 93.6 Å². The van der Waals surface area contributed by atoms with E-state index in [1.807, 2.05) is 0 Å². The zero-order valence-electron chi connectivity index (χ0n) is 31.2. The van der Waals surface area contributed by atoms with Crippen molar-refractivity contribution in [2.24, 2.45) is 0 Å². The molecule has 262 valence electrons. The average molecular weight is 680 g/mol. The van der Waals surface area contributed by atoms with Crippen LogP contribution in [-0.2, 0) is 5.41 Å². The molecule has 0 amide bonds. The highest BCUT2D eigenvalue weighted by Gasteiger charge is 2.36. The van der Waals surface area contributed by atoms with Crippen LogP contribution in [0.25, 0.3) is 33.4 Å². The Balaban J connectivity index is 1.21. The molecule has 0 unspecified atom stereocenters. The Morgan fingerprint density at radius 1 is 0.423 bits per heavy atom. The molecule has 0 saturated heterocycles. The molecular formula is C51H53N. The molecule has 6 aromatic rings.